The van der Waals surface area contributed by atoms with E-state index in [1.165, 1.54) is 6.33 Å². The fraction of sp³-hybridized carbons (Fsp3) is 0.222. The van der Waals surface area contributed by atoms with Gasteiger partial charge in [0.1, 0.15) is 12.0 Å². The van der Waals surface area contributed by atoms with Crippen LogP contribution in [0.3, 0.4) is 0 Å². The third kappa shape index (κ3) is 2.91. The highest BCUT2D eigenvalue weighted by atomic mass is 16.5. The van der Waals surface area contributed by atoms with Gasteiger partial charge in [-0.1, -0.05) is 17.3 Å². The molecule has 26 heavy (non-hydrogen) atoms. The van der Waals surface area contributed by atoms with Gasteiger partial charge in [-0.2, -0.15) is 4.98 Å². The van der Waals surface area contributed by atoms with Gasteiger partial charge in [0.2, 0.25) is 17.7 Å². The van der Waals surface area contributed by atoms with Crippen molar-refractivity contribution in [2.24, 2.45) is 5.73 Å². The van der Waals surface area contributed by atoms with Crippen molar-refractivity contribution in [3.05, 3.63) is 54.8 Å². The maximum absolute atomic E-state index is 5.78. The van der Waals surface area contributed by atoms with Crippen LogP contribution in [0.2, 0.25) is 0 Å². The largest absolute Gasteiger partial charge is 0.338 e. The fourth-order valence-corrected chi connectivity index (χ4v) is 2.52. The molecule has 0 atom stereocenters. The maximum Gasteiger partial charge on any atom is 0.233 e. The molecule has 0 aliphatic rings. The van der Waals surface area contributed by atoms with Crippen LogP contribution in [0.15, 0.2) is 53.4 Å². The highest BCUT2D eigenvalue weighted by Crippen LogP contribution is 2.26. The van der Waals surface area contributed by atoms with Crippen LogP contribution in [0, 0.1) is 0 Å². The Hall–Kier alpha value is -3.26. The maximum atomic E-state index is 5.78. The molecule has 0 fully saturated rings. The number of anilines is 2. The van der Waals surface area contributed by atoms with Crippen molar-refractivity contribution in [3.63, 3.8) is 0 Å². The predicted molar refractivity (Wildman–Crippen MR) is 98.1 cm³/mol. The fourth-order valence-electron chi connectivity index (χ4n) is 2.52. The monoisotopic (exact) mass is 349 g/mol. The summed E-state index contributed by atoms with van der Waals surface area (Å²) >= 11 is 0. The Morgan fingerprint density at radius 2 is 2.08 bits per heavy atom. The van der Waals surface area contributed by atoms with Gasteiger partial charge >= 0.3 is 0 Å². The second kappa shape index (κ2) is 6.23. The van der Waals surface area contributed by atoms with Crippen molar-refractivity contribution in [2.45, 2.75) is 19.3 Å². The minimum absolute atomic E-state index is 0.359. The molecule has 0 radical (unpaired) electrons. The van der Waals surface area contributed by atoms with Crippen LogP contribution in [-0.4, -0.2) is 31.1 Å². The molecule has 132 valence electrons. The highest BCUT2D eigenvalue weighted by molar-refractivity contribution is 5.65. The van der Waals surface area contributed by atoms with Gasteiger partial charge in [-0.3, -0.25) is 4.40 Å². The highest BCUT2D eigenvalue weighted by Gasteiger charge is 2.26. The Labute approximate surface area is 150 Å². The van der Waals surface area contributed by atoms with Gasteiger partial charge in [-0.15, -0.1) is 0 Å². The second-order valence-corrected chi connectivity index (χ2v) is 6.65. The zero-order valence-electron chi connectivity index (χ0n) is 14.5. The number of rotatable bonds is 5. The summed E-state index contributed by atoms with van der Waals surface area (Å²) in [5, 5.41) is 7.39. The Morgan fingerprint density at radius 3 is 2.92 bits per heavy atom. The third-order valence-electron chi connectivity index (χ3n) is 4.22. The first-order valence-electron chi connectivity index (χ1n) is 8.27. The molecule has 8 heteroatoms. The molecule has 0 bridgehead atoms. The topological polar surface area (TPSA) is 107 Å². The molecule has 4 aromatic rings. The van der Waals surface area contributed by atoms with Crippen LogP contribution in [-0.2, 0) is 5.41 Å². The van der Waals surface area contributed by atoms with Crippen molar-refractivity contribution in [3.8, 4) is 11.4 Å². The van der Waals surface area contributed by atoms with E-state index < -0.39 is 0 Å². The lowest BCUT2D eigenvalue weighted by atomic mass is 9.94. The lowest BCUT2D eigenvalue weighted by Gasteiger charge is -2.15. The molecule has 0 unspecified atom stereocenters. The van der Waals surface area contributed by atoms with Gasteiger partial charge in [-0.05, 0) is 38.1 Å². The minimum Gasteiger partial charge on any atom is -0.338 e. The molecule has 0 saturated heterocycles. The molecular formula is C18H19N7O. The zero-order chi connectivity index (χ0) is 18.1. The Morgan fingerprint density at radius 1 is 1.19 bits per heavy atom. The Bertz CT molecular complexity index is 1050. The molecule has 3 aromatic heterocycles. The second-order valence-electron chi connectivity index (χ2n) is 6.65. The van der Waals surface area contributed by atoms with E-state index in [2.05, 4.69) is 25.4 Å². The molecule has 0 saturated carbocycles. The van der Waals surface area contributed by atoms with Crippen LogP contribution >= 0.6 is 0 Å². The van der Waals surface area contributed by atoms with E-state index in [0.717, 1.165) is 16.9 Å². The van der Waals surface area contributed by atoms with Gasteiger partial charge in [0.05, 0.1) is 5.41 Å². The lowest BCUT2D eigenvalue weighted by molar-refractivity contribution is 0.311. The SMILES string of the molecule is CC(C)(CN)c1nc(-c2cccc(Nc3ncnc4cccn34)c2)no1. The van der Waals surface area contributed by atoms with E-state index in [4.69, 9.17) is 10.3 Å². The minimum atomic E-state index is -0.359. The molecular weight excluding hydrogens is 330 g/mol. The third-order valence-corrected chi connectivity index (χ3v) is 4.22. The van der Waals surface area contributed by atoms with Gasteiger partial charge in [0.15, 0.2) is 0 Å². The molecule has 4 rings (SSSR count). The number of nitrogens with two attached hydrogens (primary N) is 1. The summed E-state index contributed by atoms with van der Waals surface area (Å²) in [5.41, 5.74) is 7.95. The van der Waals surface area contributed by atoms with E-state index in [9.17, 15) is 0 Å². The number of hydrogen-bond donors (Lipinski definition) is 2. The van der Waals surface area contributed by atoms with Crippen LogP contribution in [0.1, 0.15) is 19.7 Å². The lowest BCUT2D eigenvalue weighted by Crippen LogP contribution is -2.28. The van der Waals surface area contributed by atoms with E-state index in [-0.39, 0.29) is 5.41 Å². The summed E-state index contributed by atoms with van der Waals surface area (Å²) in [5.74, 6) is 1.73. The zero-order valence-corrected chi connectivity index (χ0v) is 14.5. The van der Waals surface area contributed by atoms with Crippen molar-refractivity contribution in [2.75, 3.05) is 11.9 Å². The average Bonchev–Trinajstić information content (AvgIpc) is 3.32. The van der Waals surface area contributed by atoms with E-state index >= 15 is 0 Å². The molecule has 3 N–H and O–H groups in total. The molecule has 8 nitrogen and oxygen atoms in total. The molecule has 0 aliphatic carbocycles. The Balaban J connectivity index is 1.64. The van der Waals surface area contributed by atoms with Crippen LogP contribution in [0.5, 0.6) is 0 Å². The number of benzene rings is 1. The molecule has 0 amide bonds. The van der Waals surface area contributed by atoms with E-state index in [0.29, 0.717) is 24.2 Å². The average molecular weight is 349 g/mol. The van der Waals surface area contributed by atoms with Crippen LogP contribution < -0.4 is 11.1 Å². The van der Waals surface area contributed by atoms with Crippen molar-refractivity contribution < 1.29 is 4.52 Å². The summed E-state index contributed by atoms with van der Waals surface area (Å²) in [4.78, 5) is 13.0. The van der Waals surface area contributed by atoms with Crippen molar-refractivity contribution in [1.29, 1.82) is 0 Å². The van der Waals surface area contributed by atoms with Crippen LogP contribution in [0.25, 0.3) is 17.0 Å². The summed E-state index contributed by atoms with van der Waals surface area (Å²) in [6, 6.07) is 11.6. The Kier molecular flexibility index (Phi) is 3.89. The number of aromatic nitrogens is 5. The standard InChI is InChI=1S/C18H19N7O/c1-18(2,10-19)16-23-15(24-26-16)12-5-3-6-13(9-12)22-17-21-11-20-14-7-4-8-25(14)17/h3-9,11H,10,19H2,1-2H3,(H,20,21,22). The molecule has 3 heterocycles. The molecule has 1 aromatic carbocycles. The number of hydrogen-bond acceptors (Lipinski definition) is 7. The van der Waals surface area contributed by atoms with Gasteiger partial charge < -0.3 is 15.6 Å². The van der Waals surface area contributed by atoms with Gasteiger partial charge in [-0.25, -0.2) is 9.97 Å². The summed E-state index contributed by atoms with van der Waals surface area (Å²) in [6.07, 6.45) is 3.43. The number of nitrogens with zero attached hydrogens (tertiary/aromatic N) is 5. The van der Waals surface area contributed by atoms with Gasteiger partial charge in [0.25, 0.3) is 0 Å². The molecule has 0 aliphatic heterocycles. The molecule has 0 spiro atoms. The van der Waals surface area contributed by atoms with Crippen LogP contribution in [0.4, 0.5) is 11.6 Å². The summed E-state index contributed by atoms with van der Waals surface area (Å²) < 4.78 is 7.27. The summed E-state index contributed by atoms with van der Waals surface area (Å²) in [6.45, 7) is 4.37. The first-order chi connectivity index (χ1) is 12.6. The first-order valence-corrected chi connectivity index (χ1v) is 8.27. The van der Waals surface area contributed by atoms with Crippen molar-refractivity contribution >= 4 is 17.3 Å². The van der Waals surface area contributed by atoms with Crippen molar-refractivity contribution in [1.82, 2.24) is 24.5 Å². The van der Waals surface area contributed by atoms with E-state index in [1.807, 2.05) is 60.8 Å². The number of nitrogens with one attached hydrogen (secondary N) is 1. The smallest absolute Gasteiger partial charge is 0.233 e. The number of fused-ring (bicyclic) bond motifs is 1. The normalized spacial score (nSPS) is 11.8. The quantitative estimate of drug-likeness (QED) is 0.570. The first kappa shape index (κ1) is 16.2. The van der Waals surface area contributed by atoms with E-state index in [1.54, 1.807) is 0 Å². The predicted octanol–water partition coefficient (Wildman–Crippen LogP) is 2.76. The van der Waals surface area contributed by atoms with Gasteiger partial charge in [0, 0.05) is 24.0 Å². The summed E-state index contributed by atoms with van der Waals surface area (Å²) in [7, 11) is 0.